The lowest BCUT2D eigenvalue weighted by molar-refractivity contribution is -0.141. The van der Waals surface area contributed by atoms with Gasteiger partial charge >= 0.3 is 0 Å². The van der Waals surface area contributed by atoms with Crippen molar-refractivity contribution < 1.29 is 14.0 Å². The molecular weight excluding hydrogens is 439 g/mol. The van der Waals surface area contributed by atoms with Gasteiger partial charge in [0.2, 0.25) is 11.8 Å². The summed E-state index contributed by atoms with van der Waals surface area (Å²) in [5.74, 6) is -0.831. The summed E-state index contributed by atoms with van der Waals surface area (Å²) in [4.78, 5) is 28.8. The van der Waals surface area contributed by atoms with Crippen LogP contribution in [0, 0.1) is 19.7 Å². The highest BCUT2D eigenvalue weighted by molar-refractivity contribution is 5.89. The third-order valence-corrected chi connectivity index (χ3v) is 6.50. The van der Waals surface area contributed by atoms with Crippen molar-refractivity contribution >= 4 is 11.8 Å². The third kappa shape index (κ3) is 7.25. The van der Waals surface area contributed by atoms with Crippen LogP contribution in [0.15, 0.2) is 72.8 Å². The summed E-state index contributed by atoms with van der Waals surface area (Å²) in [6.45, 7) is 8.00. The van der Waals surface area contributed by atoms with Crippen LogP contribution in [-0.2, 0) is 29.0 Å². The highest BCUT2D eigenvalue weighted by Crippen LogP contribution is 2.19. The Bertz CT molecular complexity index is 1150. The van der Waals surface area contributed by atoms with Gasteiger partial charge in [-0.15, -0.1) is 0 Å². The zero-order chi connectivity index (χ0) is 25.4. The first-order chi connectivity index (χ1) is 16.8. The summed E-state index contributed by atoms with van der Waals surface area (Å²) in [5.41, 5.74) is 4.45. The number of nitrogens with zero attached hydrogens (tertiary/aromatic N) is 1. The largest absolute Gasteiger partial charge is 0.352 e. The Kier molecular flexibility index (Phi) is 9.18. The smallest absolute Gasteiger partial charge is 0.243 e. The molecule has 0 heterocycles. The van der Waals surface area contributed by atoms with Crippen molar-refractivity contribution in [3.05, 3.63) is 106 Å². The molecule has 35 heavy (non-hydrogen) atoms. The number of aryl methyl sites for hydroxylation is 2. The van der Waals surface area contributed by atoms with E-state index in [2.05, 4.69) is 5.32 Å². The zero-order valence-corrected chi connectivity index (χ0v) is 21.1. The van der Waals surface area contributed by atoms with Crippen molar-refractivity contribution in [1.29, 1.82) is 0 Å². The van der Waals surface area contributed by atoms with Gasteiger partial charge in [-0.3, -0.25) is 9.59 Å². The fourth-order valence-corrected chi connectivity index (χ4v) is 3.99. The Morgan fingerprint density at radius 2 is 1.60 bits per heavy atom. The number of halogens is 1. The van der Waals surface area contributed by atoms with E-state index in [1.165, 1.54) is 11.0 Å². The molecule has 0 aromatic heterocycles. The lowest BCUT2D eigenvalue weighted by Crippen LogP contribution is -2.52. The van der Waals surface area contributed by atoms with E-state index in [0.717, 1.165) is 28.7 Å². The third-order valence-electron chi connectivity index (χ3n) is 6.50. The van der Waals surface area contributed by atoms with Gasteiger partial charge in [0.1, 0.15) is 11.9 Å². The number of benzene rings is 3. The molecule has 3 aromatic rings. The summed E-state index contributed by atoms with van der Waals surface area (Å²) in [6.07, 6.45) is 1.25. The Morgan fingerprint density at radius 3 is 2.26 bits per heavy atom. The van der Waals surface area contributed by atoms with Crippen molar-refractivity contribution in [3.63, 3.8) is 0 Å². The second kappa shape index (κ2) is 12.3. The molecule has 184 valence electrons. The second-order valence-corrected chi connectivity index (χ2v) is 9.23. The maximum absolute atomic E-state index is 14.7. The van der Waals surface area contributed by atoms with Crippen LogP contribution < -0.4 is 5.32 Å². The van der Waals surface area contributed by atoms with Crippen molar-refractivity contribution in [2.45, 2.75) is 65.6 Å². The summed E-state index contributed by atoms with van der Waals surface area (Å²) >= 11 is 0. The van der Waals surface area contributed by atoms with Crippen LogP contribution in [-0.4, -0.2) is 28.8 Å². The summed E-state index contributed by atoms with van der Waals surface area (Å²) in [5, 5.41) is 3.04. The van der Waals surface area contributed by atoms with Crippen LogP contribution >= 0.6 is 0 Å². The van der Waals surface area contributed by atoms with Crippen molar-refractivity contribution in [2.75, 3.05) is 0 Å². The van der Waals surface area contributed by atoms with E-state index in [1.807, 2.05) is 76.2 Å². The molecule has 3 rings (SSSR count). The van der Waals surface area contributed by atoms with Gasteiger partial charge in [-0.05, 0) is 55.5 Å². The molecule has 0 aliphatic heterocycles. The highest BCUT2D eigenvalue weighted by Gasteiger charge is 2.31. The SMILES string of the molecule is CC[C@@H](C)NC(=O)[C@@H](Cc1ccccc1)N(Cc1ccccc1F)C(=O)Cc1ccc(C)c(C)c1. The van der Waals surface area contributed by atoms with Gasteiger partial charge in [0.05, 0.1) is 6.42 Å². The number of nitrogens with one attached hydrogen (secondary N) is 1. The number of carbonyl (C=O) groups is 2. The number of rotatable bonds is 10. The van der Waals surface area contributed by atoms with Crippen molar-refractivity contribution in [1.82, 2.24) is 10.2 Å². The van der Waals surface area contributed by atoms with Gasteiger partial charge in [-0.25, -0.2) is 4.39 Å². The van der Waals surface area contributed by atoms with Gasteiger partial charge in [0.25, 0.3) is 0 Å². The van der Waals surface area contributed by atoms with Crippen LogP contribution in [0.3, 0.4) is 0 Å². The van der Waals surface area contributed by atoms with Gasteiger partial charge in [-0.2, -0.15) is 0 Å². The maximum atomic E-state index is 14.7. The molecule has 0 radical (unpaired) electrons. The van der Waals surface area contributed by atoms with Crippen LogP contribution in [0.25, 0.3) is 0 Å². The normalized spacial score (nSPS) is 12.6. The molecule has 0 aliphatic rings. The molecule has 2 amide bonds. The first-order valence-corrected chi connectivity index (χ1v) is 12.2. The first kappa shape index (κ1) is 26.1. The molecule has 0 fully saturated rings. The quantitative estimate of drug-likeness (QED) is 0.419. The second-order valence-electron chi connectivity index (χ2n) is 9.23. The summed E-state index contributed by atoms with van der Waals surface area (Å²) < 4.78 is 14.7. The Hall–Kier alpha value is -3.47. The molecular formula is C30H35FN2O2. The molecule has 0 bridgehead atoms. The van der Waals surface area contributed by atoms with Crippen molar-refractivity contribution in [2.24, 2.45) is 0 Å². The monoisotopic (exact) mass is 474 g/mol. The van der Waals surface area contributed by atoms with E-state index in [0.29, 0.717) is 12.0 Å². The molecule has 0 unspecified atom stereocenters. The average molecular weight is 475 g/mol. The molecule has 4 nitrogen and oxygen atoms in total. The minimum absolute atomic E-state index is 0.0157. The summed E-state index contributed by atoms with van der Waals surface area (Å²) in [6, 6.07) is 21.2. The fourth-order valence-electron chi connectivity index (χ4n) is 3.99. The van der Waals surface area contributed by atoms with Gasteiger partial charge in [0, 0.05) is 24.6 Å². The molecule has 0 aliphatic carbocycles. The Morgan fingerprint density at radius 1 is 0.914 bits per heavy atom. The molecule has 0 spiro atoms. The minimum Gasteiger partial charge on any atom is -0.352 e. The molecule has 1 N–H and O–H groups in total. The van der Waals surface area contributed by atoms with Crippen LogP contribution in [0.4, 0.5) is 4.39 Å². The van der Waals surface area contributed by atoms with E-state index < -0.39 is 11.9 Å². The van der Waals surface area contributed by atoms with E-state index in [-0.39, 0.29) is 30.8 Å². The number of hydrogen-bond acceptors (Lipinski definition) is 2. The molecule has 0 saturated heterocycles. The van der Waals surface area contributed by atoms with Crippen LogP contribution in [0.5, 0.6) is 0 Å². The lowest BCUT2D eigenvalue weighted by atomic mass is 10.00. The van der Waals surface area contributed by atoms with Gasteiger partial charge < -0.3 is 10.2 Å². The molecule has 0 saturated carbocycles. The standard InChI is InChI=1S/C30H35FN2O2/c1-5-23(4)32-30(35)28(18-24-11-7-6-8-12-24)33(20-26-13-9-10-14-27(26)31)29(34)19-25-16-15-21(2)22(3)17-25/h6-17,23,28H,5,18-20H2,1-4H3,(H,32,35)/t23-,28-/m1/s1. The maximum Gasteiger partial charge on any atom is 0.243 e. The fraction of sp³-hybridized carbons (Fsp3) is 0.333. The van der Waals surface area contributed by atoms with E-state index in [1.54, 1.807) is 18.2 Å². The molecule has 5 heteroatoms. The number of amides is 2. The van der Waals surface area contributed by atoms with Crippen LogP contribution in [0.1, 0.15) is 48.1 Å². The van der Waals surface area contributed by atoms with E-state index in [9.17, 15) is 14.0 Å². The first-order valence-electron chi connectivity index (χ1n) is 12.2. The molecule has 2 atom stereocenters. The van der Waals surface area contributed by atoms with E-state index >= 15 is 0 Å². The predicted molar refractivity (Wildman–Crippen MR) is 138 cm³/mol. The Balaban J connectivity index is 1.99. The van der Waals surface area contributed by atoms with E-state index in [4.69, 9.17) is 0 Å². The lowest BCUT2D eigenvalue weighted by Gasteiger charge is -2.32. The van der Waals surface area contributed by atoms with Crippen molar-refractivity contribution in [3.8, 4) is 0 Å². The average Bonchev–Trinajstić information content (AvgIpc) is 2.85. The number of carbonyl (C=O) groups excluding carboxylic acids is 2. The van der Waals surface area contributed by atoms with Gasteiger partial charge in [-0.1, -0.05) is 73.7 Å². The summed E-state index contributed by atoms with van der Waals surface area (Å²) in [7, 11) is 0. The van der Waals surface area contributed by atoms with Gasteiger partial charge in [0.15, 0.2) is 0 Å². The molecule has 3 aromatic carbocycles. The minimum atomic E-state index is -0.773. The topological polar surface area (TPSA) is 49.4 Å². The zero-order valence-electron chi connectivity index (χ0n) is 21.1. The predicted octanol–water partition coefficient (Wildman–Crippen LogP) is 5.54. The highest BCUT2D eigenvalue weighted by atomic mass is 19.1. The number of hydrogen-bond donors (Lipinski definition) is 1. The van der Waals surface area contributed by atoms with Crippen LogP contribution in [0.2, 0.25) is 0 Å². The Labute approximate surface area is 208 Å².